The van der Waals surface area contributed by atoms with Gasteiger partial charge in [-0.1, -0.05) is 30.3 Å². The third-order valence-corrected chi connectivity index (χ3v) is 3.19. The van der Waals surface area contributed by atoms with E-state index in [9.17, 15) is 13.2 Å². The Labute approximate surface area is 111 Å². The van der Waals surface area contributed by atoms with E-state index in [2.05, 4.69) is 4.36 Å². The Bertz CT molecular complexity index is 713. The maximum atomic E-state index is 11.2. The molecule has 2 aliphatic rings. The highest BCUT2D eigenvalue weighted by Gasteiger charge is 2.18. The van der Waals surface area contributed by atoms with Gasteiger partial charge in [-0.3, -0.25) is 0 Å². The molecular formula is C13H11NO4S. The summed E-state index contributed by atoms with van der Waals surface area (Å²) in [5.41, 5.74) is 2.48. The summed E-state index contributed by atoms with van der Waals surface area (Å²) in [7, 11) is -2.43. The average Bonchev–Trinajstić information content (AvgIpc) is 2.54. The summed E-state index contributed by atoms with van der Waals surface area (Å²) < 4.78 is 24.1. The molecule has 0 heterocycles. The van der Waals surface area contributed by atoms with E-state index in [0.29, 0.717) is 12.0 Å². The molecule has 0 amide bonds. The molecule has 0 aromatic carbocycles. The van der Waals surface area contributed by atoms with E-state index in [1.807, 2.05) is 18.2 Å². The monoisotopic (exact) mass is 277 g/mol. The fourth-order valence-corrected chi connectivity index (χ4v) is 2.26. The van der Waals surface area contributed by atoms with Gasteiger partial charge in [0.25, 0.3) is 0 Å². The second-order valence-electron chi connectivity index (χ2n) is 3.95. The first-order valence-corrected chi connectivity index (χ1v) is 6.63. The van der Waals surface area contributed by atoms with Crippen molar-refractivity contribution in [3.05, 3.63) is 47.5 Å². The Balaban J connectivity index is 2.45. The number of nitrogens with zero attached hydrogens (tertiary/aromatic N) is 1. The molecule has 0 unspecified atom stereocenters. The molecule has 0 saturated heterocycles. The second-order valence-corrected chi connectivity index (χ2v) is 4.64. The second kappa shape index (κ2) is 5.62. The van der Waals surface area contributed by atoms with Gasteiger partial charge in [0.15, 0.2) is 0 Å². The van der Waals surface area contributed by atoms with Crippen LogP contribution in [0.1, 0.15) is 15.9 Å². The highest BCUT2D eigenvalue weighted by atomic mass is 32.2. The topological polar surface area (TPSA) is 83.8 Å². The van der Waals surface area contributed by atoms with E-state index in [0.717, 1.165) is 11.1 Å². The smallest absolute Gasteiger partial charge is 0.336 e. The van der Waals surface area contributed by atoms with E-state index in [-0.39, 0.29) is 12.1 Å². The Hall–Kier alpha value is -2.21. The molecule has 1 N–H and O–H groups in total. The zero-order valence-corrected chi connectivity index (χ0v) is 10.7. The molecule has 6 heteroatoms. The summed E-state index contributed by atoms with van der Waals surface area (Å²) in [4.78, 5) is 11.2. The number of carbonyl (C=O) groups is 1. The molecule has 5 nitrogen and oxygen atoms in total. The lowest BCUT2D eigenvalue weighted by molar-refractivity contribution is 0.0698. The highest BCUT2D eigenvalue weighted by Crippen LogP contribution is 2.32. The SMILES string of the molecule is O=C(O)c1cc(CCN=S(=O)=O)c2cccccc1-2. The summed E-state index contributed by atoms with van der Waals surface area (Å²) in [6.45, 7) is 0.118. The summed E-state index contributed by atoms with van der Waals surface area (Å²) in [6, 6.07) is 10.6. The maximum Gasteiger partial charge on any atom is 0.336 e. The highest BCUT2D eigenvalue weighted by molar-refractivity contribution is 7.61. The van der Waals surface area contributed by atoms with Gasteiger partial charge in [0.1, 0.15) is 0 Å². The fourth-order valence-electron chi connectivity index (χ4n) is 2.02. The minimum absolute atomic E-state index is 0.118. The number of carboxylic acids is 1. The largest absolute Gasteiger partial charge is 0.478 e. The third-order valence-electron chi connectivity index (χ3n) is 2.80. The van der Waals surface area contributed by atoms with Crippen molar-refractivity contribution in [3.63, 3.8) is 0 Å². The normalized spacial score (nSPS) is 10.3. The summed E-state index contributed by atoms with van der Waals surface area (Å²) in [5.74, 6) is -0.994. The lowest BCUT2D eigenvalue weighted by Crippen LogP contribution is -1.94. The number of rotatable bonds is 4. The zero-order valence-electron chi connectivity index (χ0n) is 9.91. The Morgan fingerprint density at radius 1 is 1.16 bits per heavy atom. The van der Waals surface area contributed by atoms with Crippen LogP contribution in [0, 0.1) is 0 Å². The molecule has 0 aromatic heterocycles. The van der Waals surface area contributed by atoms with Crippen molar-refractivity contribution in [1.82, 2.24) is 0 Å². The van der Waals surface area contributed by atoms with Gasteiger partial charge in [0.2, 0.25) is 0 Å². The Kier molecular flexibility index (Phi) is 3.91. The van der Waals surface area contributed by atoms with Crippen LogP contribution in [-0.4, -0.2) is 26.0 Å². The van der Waals surface area contributed by atoms with Crippen molar-refractivity contribution in [3.8, 4) is 11.1 Å². The van der Waals surface area contributed by atoms with Gasteiger partial charge in [-0.2, -0.15) is 12.8 Å². The molecule has 0 aromatic rings. The fraction of sp³-hybridized carbons (Fsp3) is 0.154. The maximum absolute atomic E-state index is 11.2. The first-order chi connectivity index (χ1) is 9.09. The minimum Gasteiger partial charge on any atom is -0.478 e. The molecule has 0 atom stereocenters. The molecular weight excluding hydrogens is 266 g/mol. The van der Waals surface area contributed by atoms with Crippen molar-refractivity contribution in [1.29, 1.82) is 0 Å². The predicted octanol–water partition coefficient (Wildman–Crippen LogP) is 2.09. The molecule has 19 heavy (non-hydrogen) atoms. The van der Waals surface area contributed by atoms with Crippen molar-refractivity contribution in [2.75, 3.05) is 6.54 Å². The van der Waals surface area contributed by atoms with Crippen LogP contribution < -0.4 is 0 Å². The molecule has 0 bridgehead atoms. The van der Waals surface area contributed by atoms with Gasteiger partial charge in [0, 0.05) is 0 Å². The number of hydrogen-bond acceptors (Lipinski definition) is 4. The third kappa shape index (κ3) is 2.97. The van der Waals surface area contributed by atoms with Crippen LogP contribution in [0.3, 0.4) is 0 Å². The van der Waals surface area contributed by atoms with Crippen LogP contribution >= 0.6 is 0 Å². The van der Waals surface area contributed by atoms with Gasteiger partial charge in [0.05, 0.1) is 12.1 Å². The van der Waals surface area contributed by atoms with E-state index < -0.39 is 16.5 Å². The number of aromatic carboxylic acids is 1. The number of fused-ring (bicyclic) bond motifs is 1. The average molecular weight is 277 g/mol. The van der Waals surface area contributed by atoms with E-state index in [4.69, 9.17) is 5.11 Å². The quantitative estimate of drug-likeness (QED) is 0.927. The van der Waals surface area contributed by atoms with Gasteiger partial charge in [-0.05, 0) is 29.2 Å². The molecule has 98 valence electrons. The molecule has 0 aliphatic heterocycles. The van der Waals surface area contributed by atoms with Crippen molar-refractivity contribution < 1.29 is 18.3 Å². The van der Waals surface area contributed by atoms with Crippen LogP contribution in [0.5, 0.6) is 0 Å². The Morgan fingerprint density at radius 2 is 1.84 bits per heavy atom. The van der Waals surface area contributed by atoms with Crippen LogP contribution in [0.25, 0.3) is 11.1 Å². The van der Waals surface area contributed by atoms with Gasteiger partial charge in [-0.25, -0.2) is 4.79 Å². The first-order valence-electron chi connectivity index (χ1n) is 5.60. The predicted molar refractivity (Wildman–Crippen MR) is 69.9 cm³/mol. The van der Waals surface area contributed by atoms with Crippen LogP contribution in [-0.2, 0) is 16.9 Å². The van der Waals surface area contributed by atoms with Crippen LogP contribution in [0.4, 0.5) is 0 Å². The van der Waals surface area contributed by atoms with E-state index in [1.54, 1.807) is 18.2 Å². The zero-order chi connectivity index (χ0) is 13.8. The summed E-state index contributed by atoms with van der Waals surface area (Å²) in [6.07, 6.45) is 0.391. The number of hydrogen-bond donors (Lipinski definition) is 1. The minimum atomic E-state index is -2.43. The van der Waals surface area contributed by atoms with Crippen LogP contribution in [0.15, 0.2) is 40.8 Å². The van der Waals surface area contributed by atoms with Crippen molar-refractivity contribution >= 4 is 16.5 Å². The van der Waals surface area contributed by atoms with Gasteiger partial charge >= 0.3 is 16.5 Å². The molecule has 0 radical (unpaired) electrons. The molecule has 0 fully saturated rings. The van der Waals surface area contributed by atoms with Gasteiger partial charge < -0.3 is 5.11 Å². The lowest BCUT2D eigenvalue weighted by atomic mass is 10.1. The van der Waals surface area contributed by atoms with Gasteiger partial charge in [-0.15, -0.1) is 0 Å². The first kappa shape index (κ1) is 13.2. The van der Waals surface area contributed by atoms with Crippen LogP contribution in [0.2, 0.25) is 0 Å². The lowest BCUT2D eigenvalue weighted by Gasteiger charge is -1.98. The summed E-state index contributed by atoms with van der Waals surface area (Å²) >= 11 is 0. The van der Waals surface area contributed by atoms with E-state index in [1.165, 1.54) is 0 Å². The molecule has 2 rings (SSSR count). The van der Waals surface area contributed by atoms with Crippen molar-refractivity contribution in [2.24, 2.45) is 4.36 Å². The van der Waals surface area contributed by atoms with E-state index >= 15 is 0 Å². The molecule has 0 spiro atoms. The summed E-state index contributed by atoms with van der Waals surface area (Å²) in [5, 5.41) is 9.17. The molecule has 0 saturated carbocycles. The molecule has 2 aliphatic carbocycles. The standard InChI is InChI=1S/C13H11NO4S/c15-13(16)12-8-9(6-7-14-19(17)18)10-4-2-1-3-5-11(10)12/h1-5,8H,6-7H2,(H,15,16). The Morgan fingerprint density at radius 3 is 2.47 bits per heavy atom. The van der Waals surface area contributed by atoms with Crippen molar-refractivity contribution in [2.45, 2.75) is 6.42 Å². The number of carboxylic acid groups (broad SMARTS) is 1.